The Morgan fingerprint density at radius 1 is 1.24 bits per heavy atom. The van der Waals surface area contributed by atoms with Crippen LogP contribution in [0.25, 0.3) is 10.2 Å². The zero-order valence-corrected chi connectivity index (χ0v) is 17.7. The second-order valence-electron chi connectivity index (χ2n) is 8.23. The Balaban J connectivity index is 1.49. The van der Waals surface area contributed by atoms with Crippen molar-refractivity contribution in [3.05, 3.63) is 46.4 Å². The summed E-state index contributed by atoms with van der Waals surface area (Å²) < 4.78 is 5.51. The van der Waals surface area contributed by atoms with Gasteiger partial charge < -0.3 is 15.0 Å². The van der Waals surface area contributed by atoms with Gasteiger partial charge in [0.2, 0.25) is 0 Å². The number of fused-ring (bicyclic) bond motifs is 3. The molecule has 0 saturated carbocycles. The first-order chi connectivity index (χ1) is 14.3. The molecule has 0 aromatic carbocycles. The molecule has 6 nitrogen and oxygen atoms in total. The molecule has 2 aliphatic rings. The number of rotatable bonds is 5. The van der Waals surface area contributed by atoms with E-state index in [1.54, 1.807) is 0 Å². The van der Waals surface area contributed by atoms with Crippen molar-refractivity contribution in [2.45, 2.75) is 39.3 Å². The van der Waals surface area contributed by atoms with Gasteiger partial charge in [-0.25, -0.2) is 9.97 Å². The highest BCUT2D eigenvalue weighted by molar-refractivity contribution is 7.19. The largest absolute Gasteiger partial charge is 0.370 e. The van der Waals surface area contributed by atoms with Crippen molar-refractivity contribution in [2.75, 3.05) is 31.6 Å². The summed E-state index contributed by atoms with van der Waals surface area (Å²) in [4.78, 5) is 18.6. The van der Waals surface area contributed by atoms with E-state index in [9.17, 15) is 0 Å². The summed E-state index contributed by atoms with van der Waals surface area (Å²) in [5.74, 6) is 2.67. The molecular weight excluding hydrogens is 382 g/mol. The van der Waals surface area contributed by atoms with Gasteiger partial charge in [-0.3, -0.25) is 4.98 Å². The Hall–Kier alpha value is -2.09. The number of nitrogens with zero attached hydrogens (tertiary/aromatic N) is 3. The number of hydrogen-bond acceptors (Lipinski definition) is 6. The second-order valence-corrected chi connectivity index (χ2v) is 9.32. The van der Waals surface area contributed by atoms with Crippen LogP contribution in [0.4, 0.5) is 5.82 Å². The molecule has 7 heteroatoms. The molecule has 3 aromatic rings. The average molecular weight is 411 g/mol. The lowest BCUT2D eigenvalue weighted by molar-refractivity contribution is -0.922. The van der Waals surface area contributed by atoms with Crippen LogP contribution in [0, 0.1) is 5.92 Å². The molecule has 1 aliphatic carbocycles. The van der Waals surface area contributed by atoms with Crippen LogP contribution in [-0.4, -0.2) is 41.3 Å². The molecule has 1 saturated heterocycles. The van der Waals surface area contributed by atoms with Gasteiger partial charge in [-0.2, -0.15) is 0 Å². The molecule has 5 rings (SSSR count). The normalized spacial score (nSPS) is 20.0. The predicted octanol–water partition coefficient (Wildman–Crippen LogP) is 2.24. The van der Waals surface area contributed by atoms with Gasteiger partial charge in [0.25, 0.3) is 0 Å². The highest BCUT2D eigenvalue weighted by Crippen LogP contribution is 2.40. The van der Waals surface area contributed by atoms with Crippen LogP contribution in [-0.2, 0) is 30.7 Å². The maximum Gasteiger partial charge on any atom is 0.187 e. The number of aryl methyl sites for hydroxylation is 1. The van der Waals surface area contributed by atoms with Gasteiger partial charge in [0.15, 0.2) is 5.82 Å². The van der Waals surface area contributed by atoms with E-state index in [1.807, 2.05) is 29.7 Å². The highest BCUT2D eigenvalue weighted by atomic mass is 32.1. The molecule has 0 radical (unpaired) electrons. The smallest absolute Gasteiger partial charge is 0.187 e. The number of aromatic nitrogens is 3. The SMILES string of the molecule is C[C@H]1CCc2c(sc3nc(C[NH+]4CCOCC4)nc(NCc4ccccn4)c23)C1. The van der Waals surface area contributed by atoms with E-state index in [-0.39, 0.29) is 0 Å². The van der Waals surface area contributed by atoms with Crippen LogP contribution in [0.2, 0.25) is 0 Å². The molecule has 3 aromatic heterocycles. The van der Waals surface area contributed by atoms with Crippen molar-refractivity contribution in [1.29, 1.82) is 0 Å². The highest BCUT2D eigenvalue weighted by Gasteiger charge is 2.25. The van der Waals surface area contributed by atoms with Gasteiger partial charge in [-0.05, 0) is 42.9 Å². The van der Waals surface area contributed by atoms with Crippen molar-refractivity contribution >= 4 is 27.4 Å². The number of thiophene rings is 1. The number of hydrogen-bond donors (Lipinski definition) is 2. The van der Waals surface area contributed by atoms with Gasteiger partial charge in [-0.15, -0.1) is 11.3 Å². The summed E-state index contributed by atoms with van der Waals surface area (Å²) in [6.45, 7) is 7.59. The summed E-state index contributed by atoms with van der Waals surface area (Å²) in [6.07, 6.45) is 5.39. The average Bonchev–Trinajstić information content (AvgIpc) is 3.11. The summed E-state index contributed by atoms with van der Waals surface area (Å²) in [6, 6.07) is 6.03. The lowest BCUT2D eigenvalue weighted by Crippen LogP contribution is -3.12. The molecule has 4 heterocycles. The molecule has 0 bridgehead atoms. The maximum absolute atomic E-state index is 5.51. The standard InChI is InChI=1S/C22H27N5OS/c1-15-5-6-17-18(12-15)29-22-20(17)21(24-13-16-4-2-3-7-23-16)25-19(26-22)14-27-8-10-28-11-9-27/h2-4,7,15H,5-6,8-14H2,1H3,(H,24,25,26)/p+1/t15-/m0/s1. The first kappa shape index (κ1) is 18.9. The van der Waals surface area contributed by atoms with Crippen LogP contribution in [0.5, 0.6) is 0 Å². The first-order valence-corrected chi connectivity index (χ1v) is 11.4. The minimum Gasteiger partial charge on any atom is -0.370 e. The molecule has 2 N–H and O–H groups in total. The topological polar surface area (TPSA) is 64.4 Å². The van der Waals surface area contributed by atoms with Crippen molar-refractivity contribution in [2.24, 2.45) is 5.92 Å². The van der Waals surface area contributed by atoms with Crippen molar-refractivity contribution in [3.8, 4) is 0 Å². The van der Waals surface area contributed by atoms with E-state index in [4.69, 9.17) is 14.7 Å². The van der Waals surface area contributed by atoms with Gasteiger partial charge in [-0.1, -0.05) is 13.0 Å². The van der Waals surface area contributed by atoms with E-state index < -0.39 is 0 Å². The number of anilines is 1. The van der Waals surface area contributed by atoms with E-state index in [0.29, 0.717) is 6.54 Å². The number of ether oxygens (including phenoxy) is 1. The summed E-state index contributed by atoms with van der Waals surface area (Å²) in [5, 5.41) is 4.83. The molecule has 0 unspecified atom stereocenters. The molecule has 152 valence electrons. The maximum atomic E-state index is 5.51. The van der Waals surface area contributed by atoms with Crippen molar-refractivity contribution in [1.82, 2.24) is 15.0 Å². The molecule has 1 fully saturated rings. The zero-order valence-electron chi connectivity index (χ0n) is 16.9. The third-order valence-electron chi connectivity index (χ3n) is 5.97. The minimum absolute atomic E-state index is 0.678. The zero-order chi connectivity index (χ0) is 19.6. The number of nitrogens with one attached hydrogen (secondary N) is 2. The monoisotopic (exact) mass is 410 g/mol. The van der Waals surface area contributed by atoms with Crippen LogP contribution in [0.1, 0.15) is 35.3 Å². The summed E-state index contributed by atoms with van der Waals surface area (Å²) >= 11 is 1.87. The number of morpholine rings is 1. The van der Waals surface area contributed by atoms with Crippen LogP contribution in [0.3, 0.4) is 0 Å². The fraction of sp³-hybridized carbons (Fsp3) is 0.500. The van der Waals surface area contributed by atoms with Crippen molar-refractivity contribution in [3.63, 3.8) is 0 Å². The first-order valence-electron chi connectivity index (χ1n) is 10.6. The predicted molar refractivity (Wildman–Crippen MR) is 115 cm³/mol. The second kappa shape index (κ2) is 8.34. The Bertz CT molecular complexity index is 984. The van der Waals surface area contributed by atoms with Gasteiger partial charge in [0, 0.05) is 11.1 Å². The molecule has 1 aliphatic heterocycles. The number of quaternary nitrogens is 1. The Morgan fingerprint density at radius 3 is 2.97 bits per heavy atom. The van der Waals surface area contributed by atoms with E-state index >= 15 is 0 Å². The molecule has 0 spiro atoms. The van der Waals surface area contributed by atoms with E-state index in [0.717, 1.165) is 67.4 Å². The van der Waals surface area contributed by atoms with E-state index in [2.05, 4.69) is 23.3 Å². The van der Waals surface area contributed by atoms with Gasteiger partial charge in [0.05, 0.1) is 30.8 Å². The van der Waals surface area contributed by atoms with E-state index in [1.165, 1.54) is 33.6 Å². The molecular formula is C22H28N5OS+. The summed E-state index contributed by atoms with van der Waals surface area (Å²) in [5.41, 5.74) is 2.49. The quantitative estimate of drug-likeness (QED) is 0.675. The third kappa shape index (κ3) is 4.13. The van der Waals surface area contributed by atoms with Crippen molar-refractivity contribution < 1.29 is 9.64 Å². The fourth-order valence-electron chi connectivity index (χ4n) is 4.33. The molecule has 29 heavy (non-hydrogen) atoms. The fourth-order valence-corrected chi connectivity index (χ4v) is 5.73. The molecule has 0 amide bonds. The lowest BCUT2D eigenvalue weighted by atomic mass is 9.89. The third-order valence-corrected chi connectivity index (χ3v) is 7.12. The Labute approximate surface area is 175 Å². The van der Waals surface area contributed by atoms with Crippen LogP contribution >= 0.6 is 11.3 Å². The minimum atomic E-state index is 0.678. The van der Waals surface area contributed by atoms with Gasteiger partial charge >= 0.3 is 0 Å². The van der Waals surface area contributed by atoms with Crippen LogP contribution in [0.15, 0.2) is 24.4 Å². The Morgan fingerprint density at radius 2 is 2.14 bits per heavy atom. The Kier molecular flexibility index (Phi) is 5.44. The lowest BCUT2D eigenvalue weighted by Gasteiger charge is -2.23. The number of pyridine rings is 1. The summed E-state index contributed by atoms with van der Waals surface area (Å²) in [7, 11) is 0. The van der Waals surface area contributed by atoms with Gasteiger partial charge in [0.1, 0.15) is 30.3 Å². The van der Waals surface area contributed by atoms with Crippen LogP contribution < -0.4 is 10.2 Å². The molecule has 1 atom stereocenters.